The summed E-state index contributed by atoms with van der Waals surface area (Å²) in [5, 5.41) is 3.34. The number of aromatic nitrogens is 2. The van der Waals surface area contributed by atoms with Gasteiger partial charge in [-0.2, -0.15) is 0 Å². The van der Waals surface area contributed by atoms with E-state index in [2.05, 4.69) is 63.8 Å². The van der Waals surface area contributed by atoms with Gasteiger partial charge in [0.05, 0.1) is 3.57 Å². The number of nitrogens with one attached hydrogen (secondary N) is 1. The van der Waals surface area contributed by atoms with E-state index in [4.69, 9.17) is 0 Å². The van der Waals surface area contributed by atoms with Crippen molar-refractivity contribution < 1.29 is 0 Å². The van der Waals surface area contributed by atoms with Crippen molar-refractivity contribution in [2.75, 3.05) is 26.0 Å². The van der Waals surface area contributed by atoms with Crippen molar-refractivity contribution in [2.24, 2.45) is 0 Å². The zero-order valence-electron chi connectivity index (χ0n) is 8.66. The summed E-state index contributed by atoms with van der Waals surface area (Å²) < 4.78 is 1.05. The molecule has 0 radical (unpaired) electrons. The number of nitrogens with zero attached hydrogens (tertiary/aromatic N) is 3. The van der Waals surface area contributed by atoms with Gasteiger partial charge in [0, 0.05) is 18.8 Å². The second kappa shape index (κ2) is 5.45. The number of likely N-dealkylation sites (N-methyl/N-ethyl adjacent to an activating group) is 1. The van der Waals surface area contributed by atoms with Crippen molar-refractivity contribution in [1.29, 1.82) is 0 Å². The molecule has 1 aromatic heterocycles. The molecule has 0 spiro atoms. The molecule has 0 aliphatic rings. The third kappa shape index (κ3) is 3.75. The van der Waals surface area contributed by atoms with E-state index in [0.29, 0.717) is 6.04 Å². The molecule has 4 nitrogen and oxygen atoms in total. The molecule has 1 unspecified atom stereocenters. The maximum atomic E-state index is 4.18. The lowest BCUT2D eigenvalue weighted by atomic mass is 10.3. The Morgan fingerprint density at radius 2 is 2.29 bits per heavy atom. The lowest BCUT2D eigenvalue weighted by Crippen LogP contribution is -2.30. The lowest BCUT2D eigenvalue weighted by molar-refractivity contribution is 0.392. The fourth-order valence-electron chi connectivity index (χ4n) is 1.25. The van der Waals surface area contributed by atoms with Crippen LogP contribution in [0.25, 0.3) is 0 Å². The molecule has 0 bridgehead atoms. The van der Waals surface area contributed by atoms with Crippen molar-refractivity contribution in [1.82, 2.24) is 14.9 Å². The molecule has 1 N–H and O–H groups in total. The first-order chi connectivity index (χ1) is 6.59. The predicted molar refractivity (Wildman–Crippen MR) is 66.4 cm³/mol. The van der Waals surface area contributed by atoms with Crippen LogP contribution in [0.2, 0.25) is 0 Å². The first-order valence-corrected chi connectivity index (χ1v) is 5.54. The fraction of sp³-hybridized carbons (Fsp3) is 0.556. The maximum Gasteiger partial charge on any atom is 0.143 e. The van der Waals surface area contributed by atoms with Crippen molar-refractivity contribution in [2.45, 2.75) is 13.0 Å². The molecule has 0 aliphatic heterocycles. The van der Waals surface area contributed by atoms with Crippen molar-refractivity contribution >= 4 is 28.4 Å². The Balaban J connectivity index is 2.56. The van der Waals surface area contributed by atoms with Crippen molar-refractivity contribution in [3.8, 4) is 0 Å². The van der Waals surface area contributed by atoms with Gasteiger partial charge in [-0.25, -0.2) is 9.97 Å². The Morgan fingerprint density at radius 3 is 2.86 bits per heavy atom. The molecule has 0 aromatic carbocycles. The zero-order valence-corrected chi connectivity index (χ0v) is 10.8. The number of anilines is 1. The third-order valence-corrected chi connectivity index (χ3v) is 2.48. The monoisotopic (exact) mass is 306 g/mol. The van der Waals surface area contributed by atoms with E-state index < -0.39 is 0 Å². The average molecular weight is 306 g/mol. The molecule has 0 amide bonds. The van der Waals surface area contributed by atoms with E-state index in [1.165, 1.54) is 0 Å². The largest absolute Gasteiger partial charge is 0.365 e. The Labute approximate surface area is 98.3 Å². The quantitative estimate of drug-likeness (QED) is 0.855. The van der Waals surface area contributed by atoms with Gasteiger partial charge in [0.1, 0.15) is 12.1 Å². The summed E-state index contributed by atoms with van der Waals surface area (Å²) in [4.78, 5) is 10.3. The van der Waals surface area contributed by atoms with Gasteiger partial charge >= 0.3 is 0 Å². The van der Waals surface area contributed by atoms with E-state index in [0.717, 1.165) is 15.9 Å². The number of rotatable bonds is 4. The first kappa shape index (κ1) is 11.6. The summed E-state index contributed by atoms with van der Waals surface area (Å²) in [6.07, 6.45) is 3.37. The minimum absolute atomic E-state index is 0.383. The van der Waals surface area contributed by atoms with Crippen LogP contribution in [0, 0.1) is 3.57 Å². The van der Waals surface area contributed by atoms with Gasteiger partial charge in [-0.15, -0.1) is 0 Å². The number of hydrogen-bond donors (Lipinski definition) is 1. The van der Waals surface area contributed by atoms with Crippen LogP contribution in [0.15, 0.2) is 12.5 Å². The van der Waals surface area contributed by atoms with Gasteiger partial charge in [0.15, 0.2) is 0 Å². The molecule has 1 aromatic rings. The summed E-state index contributed by atoms with van der Waals surface area (Å²) in [5.74, 6) is 0.912. The van der Waals surface area contributed by atoms with E-state index in [1.807, 2.05) is 0 Å². The predicted octanol–water partition coefficient (Wildman–Crippen LogP) is 1.44. The molecule has 1 atom stereocenters. The van der Waals surface area contributed by atoms with Gasteiger partial charge in [0.25, 0.3) is 0 Å². The second-order valence-corrected chi connectivity index (χ2v) is 4.69. The van der Waals surface area contributed by atoms with Gasteiger partial charge in [-0.3, -0.25) is 0 Å². The van der Waals surface area contributed by atoms with E-state index in [9.17, 15) is 0 Å². The zero-order chi connectivity index (χ0) is 10.6. The molecular weight excluding hydrogens is 291 g/mol. The van der Waals surface area contributed by atoms with Crippen LogP contribution in [0.3, 0.4) is 0 Å². The topological polar surface area (TPSA) is 41.0 Å². The van der Waals surface area contributed by atoms with E-state index >= 15 is 0 Å². The van der Waals surface area contributed by atoms with Crippen LogP contribution < -0.4 is 5.32 Å². The molecule has 1 heterocycles. The minimum Gasteiger partial charge on any atom is -0.365 e. The summed E-state index contributed by atoms with van der Waals surface area (Å²) in [6.45, 7) is 3.12. The molecule has 0 saturated heterocycles. The first-order valence-electron chi connectivity index (χ1n) is 4.46. The van der Waals surface area contributed by atoms with Gasteiger partial charge < -0.3 is 10.2 Å². The summed E-state index contributed by atoms with van der Waals surface area (Å²) in [7, 11) is 4.12. The van der Waals surface area contributed by atoms with Crippen LogP contribution in [0.5, 0.6) is 0 Å². The smallest absolute Gasteiger partial charge is 0.143 e. The molecule has 78 valence electrons. The fourth-order valence-corrected chi connectivity index (χ4v) is 1.70. The van der Waals surface area contributed by atoms with Gasteiger partial charge in [0.2, 0.25) is 0 Å². The number of hydrogen-bond acceptors (Lipinski definition) is 4. The molecule has 5 heteroatoms. The van der Waals surface area contributed by atoms with Crippen molar-refractivity contribution in [3.05, 3.63) is 16.1 Å². The Kier molecular flexibility index (Phi) is 4.53. The summed E-state index contributed by atoms with van der Waals surface area (Å²) >= 11 is 2.23. The molecule has 0 saturated carbocycles. The maximum absolute atomic E-state index is 4.18. The van der Waals surface area contributed by atoms with E-state index in [-0.39, 0.29) is 0 Å². The Hall–Kier alpha value is -0.430. The lowest BCUT2D eigenvalue weighted by Gasteiger charge is -2.19. The SMILES string of the molecule is CC(CN(C)C)Nc1ncncc1I. The number of halogens is 1. The van der Waals surface area contributed by atoms with Crippen LogP contribution >= 0.6 is 22.6 Å². The molecule has 0 aliphatic carbocycles. The highest BCUT2D eigenvalue weighted by molar-refractivity contribution is 14.1. The standard InChI is InChI=1S/C9H15IN4/c1-7(5-14(2)3)13-9-8(10)4-11-6-12-9/h4,6-7H,5H2,1-3H3,(H,11,12,13). The van der Waals surface area contributed by atoms with Gasteiger partial charge in [-0.1, -0.05) is 0 Å². The normalized spacial score (nSPS) is 12.9. The van der Waals surface area contributed by atoms with Crippen molar-refractivity contribution in [3.63, 3.8) is 0 Å². The molecule has 0 fully saturated rings. The molecular formula is C9H15IN4. The summed E-state index contributed by atoms with van der Waals surface area (Å²) in [5.41, 5.74) is 0. The molecule has 1 rings (SSSR count). The van der Waals surface area contributed by atoms with Crippen LogP contribution in [0.1, 0.15) is 6.92 Å². The second-order valence-electron chi connectivity index (χ2n) is 3.53. The van der Waals surface area contributed by atoms with Crippen LogP contribution in [-0.2, 0) is 0 Å². The third-order valence-electron chi connectivity index (χ3n) is 1.69. The average Bonchev–Trinajstić information content (AvgIpc) is 2.07. The van der Waals surface area contributed by atoms with Gasteiger partial charge in [-0.05, 0) is 43.6 Å². The minimum atomic E-state index is 0.383. The van der Waals surface area contributed by atoms with Crippen LogP contribution in [-0.4, -0.2) is 41.5 Å². The van der Waals surface area contributed by atoms with Crippen LogP contribution in [0.4, 0.5) is 5.82 Å². The molecule has 14 heavy (non-hydrogen) atoms. The van der Waals surface area contributed by atoms with E-state index in [1.54, 1.807) is 12.5 Å². The highest BCUT2D eigenvalue weighted by Gasteiger charge is 2.06. The summed E-state index contributed by atoms with van der Waals surface area (Å²) in [6, 6.07) is 0.383. The highest BCUT2D eigenvalue weighted by atomic mass is 127. The Morgan fingerprint density at radius 1 is 1.57 bits per heavy atom. The Bertz CT molecular complexity index is 290. The highest BCUT2D eigenvalue weighted by Crippen LogP contribution is 2.13.